The van der Waals surface area contributed by atoms with Crippen LogP contribution in [0.2, 0.25) is 0 Å². The average molecular weight is 213 g/mol. The molecule has 2 rings (SSSR count). The molecular formula is C11H19NO3. The summed E-state index contributed by atoms with van der Waals surface area (Å²) < 4.78 is 5.85. The average Bonchev–Trinajstić information content (AvgIpc) is 2.62. The third-order valence-corrected chi connectivity index (χ3v) is 3.69. The van der Waals surface area contributed by atoms with Crippen molar-refractivity contribution in [3.8, 4) is 0 Å². The van der Waals surface area contributed by atoms with E-state index in [4.69, 9.17) is 9.84 Å². The summed E-state index contributed by atoms with van der Waals surface area (Å²) >= 11 is 0. The number of hydrogen-bond acceptors (Lipinski definition) is 3. The van der Waals surface area contributed by atoms with Gasteiger partial charge in [-0.1, -0.05) is 0 Å². The molecule has 2 aliphatic heterocycles. The van der Waals surface area contributed by atoms with Crippen LogP contribution in [-0.4, -0.2) is 47.3 Å². The minimum atomic E-state index is -0.733. The van der Waals surface area contributed by atoms with Crippen molar-refractivity contribution in [1.29, 1.82) is 0 Å². The number of carboxylic acids is 1. The van der Waals surface area contributed by atoms with Crippen molar-refractivity contribution < 1.29 is 14.6 Å². The Balaban J connectivity index is 1.96. The minimum Gasteiger partial charge on any atom is -0.480 e. The van der Waals surface area contributed by atoms with Crippen molar-refractivity contribution in [2.24, 2.45) is 0 Å². The Morgan fingerprint density at radius 2 is 2.27 bits per heavy atom. The van der Waals surface area contributed by atoms with Crippen LogP contribution < -0.4 is 0 Å². The molecule has 4 heteroatoms. The Kier molecular flexibility index (Phi) is 2.98. The quantitative estimate of drug-likeness (QED) is 0.746. The number of hydrogen-bond donors (Lipinski definition) is 1. The number of likely N-dealkylation sites (tertiary alicyclic amines) is 1. The summed E-state index contributed by atoms with van der Waals surface area (Å²) in [4.78, 5) is 12.9. The van der Waals surface area contributed by atoms with Crippen LogP contribution in [0.4, 0.5) is 0 Å². The molecule has 0 radical (unpaired) electrons. The molecule has 0 bridgehead atoms. The van der Waals surface area contributed by atoms with Gasteiger partial charge in [-0.15, -0.1) is 0 Å². The monoisotopic (exact) mass is 213 g/mol. The highest BCUT2D eigenvalue weighted by molar-refractivity contribution is 5.72. The summed E-state index contributed by atoms with van der Waals surface area (Å²) in [5.74, 6) is -0.733. The summed E-state index contributed by atoms with van der Waals surface area (Å²) in [6, 6.07) is -0.380. The minimum absolute atomic E-state index is 0.0258. The van der Waals surface area contributed by atoms with E-state index in [9.17, 15) is 4.79 Å². The largest absolute Gasteiger partial charge is 0.480 e. The zero-order valence-corrected chi connectivity index (χ0v) is 9.24. The molecule has 0 aliphatic carbocycles. The lowest BCUT2D eigenvalue weighted by atomic mass is 9.93. The number of carboxylic acid groups (broad SMARTS) is 1. The Bertz CT molecular complexity index is 248. The van der Waals surface area contributed by atoms with E-state index >= 15 is 0 Å². The lowest BCUT2D eigenvalue weighted by Crippen LogP contribution is -2.43. The van der Waals surface area contributed by atoms with Gasteiger partial charge in [0, 0.05) is 19.7 Å². The van der Waals surface area contributed by atoms with Gasteiger partial charge < -0.3 is 9.84 Å². The van der Waals surface area contributed by atoms with Gasteiger partial charge in [-0.05, 0) is 32.6 Å². The first-order valence-corrected chi connectivity index (χ1v) is 5.74. The van der Waals surface area contributed by atoms with Crippen molar-refractivity contribution >= 4 is 5.97 Å². The molecule has 2 fully saturated rings. The fourth-order valence-electron chi connectivity index (χ4n) is 2.59. The molecule has 0 aromatic rings. The van der Waals surface area contributed by atoms with Crippen LogP contribution in [0, 0.1) is 0 Å². The summed E-state index contributed by atoms with van der Waals surface area (Å²) in [5, 5.41) is 8.95. The Hall–Kier alpha value is -0.610. The molecule has 1 spiro atoms. The van der Waals surface area contributed by atoms with Crippen LogP contribution in [0.5, 0.6) is 0 Å². The van der Waals surface area contributed by atoms with E-state index in [-0.39, 0.29) is 11.6 Å². The van der Waals surface area contributed by atoms with Gasteiger partial charge in [-0.3, -0.25) is 9.69 Å². The Morgan fingerprint density at radius 1 is 1.47 bits per heavy atom. The first-order valence-electron chi connectivity index (χ1n) is 5.74. The van der Waals surface area contributed by atoms with E-state index in [1.807, 2.05) is 4.90 Å². The van der Waals surface area contributed by atoms with E-state index in [1.165, 1.54) is 6.42 Å². The van der Waals surface area contributed by atoms with Crippen LogP contribution in [0.25, 0.3) is 0 Å². The van der Waals surface area contributed by atoms with Crippen LogP contribution in [-0.2, 0) is 9.53 Å². The molecule has 2 aliphatic rings. The number of ether oxygens (including phenoxy) is 1. The highest BCUT2D eigenvalue weighted by Gasteiger charge is 2.42. The summed E-state index contributed by atoms with van der Waals surface area (Å²) in [6.45, 7) is 4.24. The standard InChI is InChI=1S/C11H19NO3/c1-9(10(13)14)12-6-5-11(8-12)4-2-3-7-15-11/h9H,2-8H2,1H3,(H,13,14)/t9-,11-/m0/s1. The van der Waals surface area contributed by atoms with Crippen molar-refractivity contribution in [1.82, 2.24) is 4.90 Å². The molecule has 2 heterocycles. The molecule has 2 atom stereocenters. The second-order valence-electron chi connectivity index (χ2n) is 4.72. The van der Waals surface area contributed by atoms with Gasteiger partial charge >= 0.3 is 5.97 Å². The molecule has 0 amide bonds. The van der Waals surface area contributed by atoms with E-state index in [0.717, 1.165) is 39.0 Å². The van der Waals surface area contributed by atoms with Crippen LogP contribution in [0.1, 0.15) is 32.6 Å². The van der Waals surface area contributed by atoms with Crippen LogP contribution in [0.3, 0.4) is 0 Å². The van der Waals surface area contributed by atoms with E-state index < -0.39 is 5.97 Å². The smallest absolute Gasteiger partial charge is 0.320 e. The van der Waals surface area contributed by atoms with Gasteiger partial charge in [0.25, 0.3) is 0 Å². The van der Waals surface area contributed by atoms with Crippen molar-refractivity contribution in [2.45, 2.75) is 44.2 Å². The fourth-order valence-corrected chi connectivity index (χ4v) is 2.59. The predicted octanol–water partition coefficient (Wildman–Crippen LogP) is 1.10. The number of carbonyl (C=O) groups is 1. The van der Waals surface area contributed by atoms with Crippen LogP contribution >= 0.6 is 0 Å². The van der Waals surface area contributed by atoms with Gasteiger partial charge in [-0.25, -0.2) is 0 Å². The maximum absolute atomic E-state index is 10.9. The van der Waals surface area contributed by atoms with Crippen molar-refractivity contribution in [2.75, 3.05) is 19.7 Å². The molecule has 15 heavy (non-hydrogen) atoms. The molecule has 4 nitrogen and oxygen atoms in total. The van der Waals surface area contributed by atoms with Crippen molar-refractivity contribution in [3.05, 3.63) is 0 Å². The highest BCUT2D eigenvalue weighted by atomic mass is 16.5. The SMILES string of the molecule is C[C@@H](C(=O)O)N1CC[C@@]2(CCCCO2)C1. The molecule has 2 saturated heterocycles. The second-order valence-corrected chi connectivity index (χ2v) is 4.72. The Morgan fingerprint density at radius 3 is 2.87 bits per heavy atom. The van der Waals surface area contributed by atoms with E-state index in [2.05, 4.69) is 0 Å². The lowest BCUT2D eigenvalue weighted by molar-refractivity contribution is -0.142. The molecule has 0 aromatic heterocycles. The maximum Gasteiger partial charge on any atom is 0.320 e. The van der Waals surface area contributed by atoms with Gasteiger partial charge in [-0.2, -0.15) is 0 Å². The van der Waals surface area contributed by atoms with Gasteiger partial charge in [0.05, 0.1) is 5.60 Å². The molecular weight excluding hydrogens is 194 g/mol. The molecule has 0 aromatic carbocycles. The second kappa shape index (κ2) is 4.10. The van der Waals surface area contributed by atoms with Gasteiger partial charge in [0.15, 0.2) is 0 Å². The predicted molar refractivity (Wildman–Crippen MR) is 55.8 cm³/mol. The van der Waals surface area contributed by atoms with Crippen molar-refractivity contribution in [3.63, 3.8) is 0 Å². The summed E-state index contributed by atoms with van der Waals surface area (Å²) in [7, 11) is 0. The zero-order chi connectivity index (χ0) is 10.9. The van der Waals surface area contributed by atoms with Crippen LogP contribution in [0.15, 0.2) is 0 Å². The molecule has 0 saturated carbocycles. The number of nitrogens with zero attached hydrogens (tertiary/aromatic N) is 1. The molecule has 0 unspecified atom stereocenters. The van der Waals surface area contributed by atoms with Gasteiger partial charge in [0.1, 0.15) is 6.04 Å². The Labute approximate surface area is 90.2 Å². The summed E-state index contributed by atoms with van der Waals surface area (Å²) in [5.41, 5.74) is -0.0258. The number of rotatable bonds is 2. The van der Waals surface area contributed by atoms with Gasteiger partial charge in [0.2, 0.25) is 0 Å². The fraction of sp³-hybridized carbons (Fsp3) is 0.909. The number of aliphatic carboxylic acids is 1. The van der Waals surface area contributed by atoms with E-state index in [1.54, 1.807) is 6.92 Å². The third kappa shape index (κ3) is 2.16. The topological polar surface area (TPSA) is 49.8 Å². The normalized spacial score (nSPS) is 34.5. The molecule has 1 N–H and O–H groups in total. The highest BCUT2D eigenvalue weighted by Crippen LogP contribution is 2.34. The first kappa shape index (κ1) is 10.9. The first-order chi connectivity index (χ1) is 7.13. The zero-order valence-electron chi connectivity index (χ0n) is 9.24. The lowest BCUT2D eigenvalue weighted by Gasteiger charge is -2.34. The molecule has 86 valence electrons. The summed E-state index contributed by atoms with van der Waals surface area (Å²) in [6.07, 6.45) is 4.45. The maximum atomic E-state index is 10.9. The van der Waals surface area contributed by atoms with E-state index in [0.29, 0.717) is 0 Å². The third-order valence-electron chi connectivity index (χ3n) is 3.69.